The van der Waals surface area contributed by atoms with Crippen molar-refractivity contribution in [2.24, 2.45) is 0 Å². The van der Waals surface area contributed by atoms with Crippen molar-refractivity contribution in [2.45, 2.75) is 6.92 Å². The van der Waals surface area contributed by atoms with Crippen molar-refractivity contribution in [1.29, 1.82) is 0 Å². The highest BCUT2D eigenvalue weighted by Gasteiger charge is 2.12. The first-order valence-corrected chi connectivity index (χ1v) is 8.33. The van der Waals surface area contributed by atoms with Crippen molar-refractivity contribution < 1.29 is 9.47 Å². The highest BCUT2D eigenvalue weighted by atomic mass is 35.5. The Balaban J connectivity index is 1.91. The summed E-state index contributed by atoms with van der Waals surface area (Å²) >= 11 is 6.15. The van der Waals surface area contributed by atoms with E-state index < -0.39 is 0 Å². The highest BCUT2D eigenvalue weighted by Crippen LogP contribution is 2.37. The third-order valence-electron chi connectivity index (χ3n) is 3.62. The van der Waals surface area contributed by atoms with Crippen LogP contribution in [0.25, 0.3) is 0 Å². The van der Waals surface area contributed by atoms with Crippen molar-refractivity contribution in [3.63, 3.8) is 0 Å². The van der Waals surface area contributed by atoms with Crippen molar-refractivity contribution in [3.8, 4) is 11.5 Å². The normalized spacial score (nSPS) is 10.3. The first-order valence-electron chi connectivity index (χ1n) is 7.95. The summed E-state index contributed by atoms with van der Waals surface area (Å²) in [6.45, 7) is 1.91. The predicted octanol–water partition coefficient (Wildman–Crippen LogP) is 4.94. The molecule has 3 aromatic rings. The molecule has 0 bridgehead atoms. The van der Waals surface area contributed by atoms with Gasteiger partial charge in [0.05, 0.1) is 24.9 Å². The Morgan fingerprint density at radius 1 is 0.885 bits per heavy atom. The molecule has 0 aliphatic carbocycles. The number of hydrogen-bond donors (Lipinski definition) is 2. The molecule has 26 heavy (non-hydrogen) atoms. The molecule has 7 heteroatoms. The largest absolute Gasteiger partial charge is 0.495 e. The fourth-order valence-electron chi connectivity index (χ4n) is 2.44. The molecule has 2 N–H and O–H groups in total. The van der Waals surface area contributed by atoms with E-state index in [1.165, 1.54) is 0 Å². The summed E-state index contributed by atoms with van der Waals surface area (Å²) in [5.41, 5.74) is 2.42. The van der Waals surface area contributed by atoms with Gasteiger partial charge in [-0.15, -0.1) is 0 Å². The van der Waals surface area contributed by atoms with E-state index in [2.05, 4.69) is 20.6 Å². The summed E-state index contributed by atoms with van der Waals surface area (Å²) in [4.78, 5) is 8.95. The van der Waals surface area contributed by atoms with Gasteiger partial charge < -0.3 is 20.1 Å². The molecule has 1 heterocycles. The summed E-state index contributed by atoms with van der Waals surface area (Å²) in [5, 5.41) is 6.89. The van der Waals surface area contributed by atoms with Crippen LogP contribution in [-0.4, -0.2) is 24.2 Å². The number of nitrogens with zero attached hydrogens (tertiary/aromatic N) is 2. The number of methoxy groups -OCH3 is 2. The molecule has 1 aromatic heterocycles. The van der Waals surface area contributed by atoms with Crippen LogP contribution < -0.4 is 20.1 Å². The minimum atomic E-state index is 0.436. The van der Waals surface area contributed by atoms with Crippen LogP contribution in [0.4, 0.5) is 23.1 Å². The molecular weight excluding hydrogens is 352 g/mol. The van der Waals surface area contributed by atoms with Crippen LogP contribution in [0.5, 0.6) is 11.5 Å². The number of aromatic nitrogens is 2. The zero-order chi connectivity index (χ0) is 18.5. The molecule has 0 fully saturated rings. The van der Waals surface area contributed by atoms with E-state index in [1.807, 2.05) is 43.3 Å². The predicted molar refractivity (Wildman–Crippen MR) is 104 cm³/mol. The third-order valence-corrected chi connectivity index (χ3v) is 3.92. The van der Waals surface area contributed by atoms with E-state index in [-0.39, 0.29) is 0 Å². The van der Waals surface area contributed by atoms with E-state index in [0.717, 1.165) is 11.4 Å². The number of anilines is 4. The van der Waals surface area contributed by atoms with E-state index >= 15 is 0 Å². The van der Waals surface area contributed by atoms with Gasteiger partial charge in [-0.3, -0.25) is 0 Å². The van der Waals surface area contributed by atoms with Gasteiger partial charge in [0.15, 0.2) is 0 Å². The van der Waals surface area contributed by atoms with Crippen molar-refractivity contribution in [3.05, 3.63) is 59.2 Å². The fraction of sp³-hybridized carbons (Fsp3) is 0.158. The molecule has 134 valence electrons. The molecule has 0 amide bonds. The monoisotopic (exact) mass is 370 g/mol. The summed E-state index contributed by atoms with van der Waals surface area (Å²) in [6.07, 6.45) is 0. The second kappa shape index (κ2) is 7.93. The summed E-state index contributed by atoms with van der Waals surface area (Å²) in [6, 6.07) is 15.1. The lowest BCUT2D eigenvalue weighted by Gasteiger charge is -2.14. The average molecular weight is 371 g/mol. The van der Waals surface area contributed by atoms with Gasteiger partial charge in [0.2, 0.25) is 5.95 Å². The van der Waals surface area contributed by atoms with Crippen LogP contribution in [0.15, 0.2) is 48.5 Å². The topological polar surface area (TPSA) is 68.3 Å². The number of para-hydroxylation sites is 1. The fourth-order valence-corrected chi connectivity index (χ4v) is 2.67. The number of ether oxygens (including phenoxy) is 2. The number of aryl methyl sites for hydroxylation is 1. The maximum Gasteiger partial charge on any atom is 0.229 e. The number of nitrogens with one attached hydrogen (secondary N) is 2. The van der Waals surface area contributed by atoms with Crippen LogP contribution in [0.1, 0.15) is 5.69 Å². The first-order chi connectivity index (χ1) is 12.6. The molecule has 0 atom stereocenters. The first kappa shape index (κ1) is 17.8. The minimum absolute atomic E-state index is 0.436. The van der Waals surface area contributed by atoms with Crippen LogP contribution in [-0.2, 0) is 0 Å². The second-order valence-electron chi connectivity index (χ2n) is 5.52. The van der Waals surface area contributed by atoms with Crippen LogP contribution in [0.3, 0.4) is 0 Å². The molecule has 0 aliphatic rings. The van der Waals surface area contributed by atoms with E-state index in [1.54, 1.807) is 26.4 Å². The van der Waals surface area contributed by atoms with Crippen molar-refractivity contribution in [1.82, 2.24) is 9.97 Å². The van der Waals surface area contributed by atoms with E-state index in [9.17, 15) is 0 Å². The number of benzene rings is 2. The molecule has 0 unspecified atom stereocenters. The zero-order valence-corrected chi connectivity index (χ0v) is 15.5. The summed E-state index contributed by atoms with van der Waals surface area (Å²) in [7, 11) is 3.13. The van der Waals surface area contributed by atoms with Gasteiger partial charge in [0.1, 0.15) is 17.3 Å². The Labute approximate surface area is 157 Å². The molecule has 6 nitrogen and oxygen atoms in total. The Morgan fingerprint density at radius 3 is 2.31 bits per heavy atom. The molecule has 0 saturated carbocycles. The highest BCUT2D eigenvalue weighted by molar-refractivity contribution is 6.32. The van der Waals surface area contributed by atoms with E-state index in [0.29, 0.717) is 34.0 Å². The Morgan fingerprint density at radius 2 is 1.62 bits per heavy atom. The Bertz CT molecular complexity index is 904. The molecule has 0 spiro atoms. The SMILES string of the molecule is COc1cc(Nc2nc(C)cc(Nc3ccccc3)n2)c(OC)cc1Cl. The lowest BCUT2D eigenvalue weighted by molar-refractivity contribution is 0.405. The van der Waals surface area contributed by atoms with Crippen LogP contribution >= 0.6 is 11.6 Å². The molecular formula is C19H19ClN4O2. The Hall–Kier alpha value is -2.99. The number of rotatable bonds is 6. The van der Waals surface area contributed by atoms with Crippen LogP contribution in [0, 0.1) is 6.92 Å². The van der Waals surface area contributed by atoms with E-state index in [4.69, 9.17) is 21.1 Å². The number of halogens is 1. The molecule has 0 radical (unpaired) electrons. The van der Waals surface area contributed by atoms with Gasteiger partial charge >= 0.3 is 0 Å². The quantitative estimate of drug-likeness (QED) is 0.640. The van der Waals surface area contributed by atoms with Crippen molar-refractivity contribution >= 4 is 34.7 Å². The lowest BCUT2D eigenvalue weighted by atomic mass is 10.2. The van der Waals surface area contributed by atoms with Gasteiger partial charge in [0, 0.05) is 29.6 Å². The lowest BCUT2D eigenvalue weighted by Crippen LogP contribution is -2.03. The van der Waals surface area contributed by atoms with Gasteiger partial charge in [-0.25, -0.2) is 4.98 Å². The molecule has 3 rings (SSSR count). The standard InChI is InChI=1S/C19H19ClN4O2/c1-12-9-18(22-13-7-5-4-6-8-13)24-19(21-12)23-15-11-16(25-2)14(20)10-17(15)26-3/h4-11H,1-3H3,(H2,21,22,23,24). The summed E-state index contributed by atoms with van der Waals surface area (Å²) < 4.78 is 10.6. The maximum absolute atomic E-state index is 6.15. The van der Waals surface area contributed by atoms with Crippen LogP contribution in [0.2, 0.25) is 5.02 Å². The third kappa shape index (κ3) is 4.15. The van der Waals surface area contributed by atoms with Gasteiger partial charge in [-0.1, -0.05) is 29.8 Å². The van der Waals surface area contributed by atoms with Crippen molar-refractivity contribution in [2.75, 3.05) is 24.9 Å². The zero-order valence-electron chi connectivity index (χ0n) is 14.7. The minimum Gasteiger partial charge on any atom is -0.495 e. The van der Waals surface area contributed by atoms with Gasteiger partial charge in [0.25, 0.3) is 0 Å². The summed E-state index contributed by atoms with van der Waals surface area (Å²) in [5.74, 6) is 2.22. The maximum atomic E-state index is 6.15. The average Bonchev–Trinajstić information content (AvgIpc) is 2.63. The van der Waals surface area contributed by atoms with Gasteiger partial charge in [-0.05, 0) is 19.1 Å². The number of hydrogen-bond acceptors (Lipinski definition) is 6. The smallest absolute Gasteiger partial charge is 0.229 e. The second-order valence-corrected chi connectivity index (χ2v) is 5.93. The molecule has 2 aromatic carbocycles. The Kier molecular flexibility index (Phi) is 5.43. The molecule has 0 aliphatic heterocycles. The van der Waals surface area contributed by atoms with Gasteiger partial charge in [-0.2, -0.15) is 4.98 Å². The molecule has 0 saturated heterocycles.